The summed E-state index contributed by atoms with van der Waals surface area (Å²) >= 11 is 0. The molecule has 0 spiro atoms. The lowest BCUT2D eigenvalue weighted by Gasteiger charge is -2.32. The van der Waals surface area contributed by atoms with Crippen LogP contribution in [0.5, 0.6) is 0 Å². The van der Waals surface area contributed by atoms with E-state index in [9.17, 15) is 18.0 Å². The van der Waals surface area contributed by atoms with Gasteiger partial charge < -0.3 is 4.74 Å². The zero-order valence-corrected chi connectivity index (χ0v) is 21.0. The molecule has 1 saturated heterocycles. The van der Waals surface area contributed by atoms with Crippen LogP contribution in [-0.4, -0.2) is 54.9 Å². The van der Waals surface area contributed by atoms with Crippen molar-refractivity contribution in [2.75, 3.05) is 24.4 Å². The van der Waals surface area contributed by atoms with Crippen LogP contribution in [-0.2, 0) is 26.1 Å². The van der Waals surface area contributed by atoms with E-state index in [-0.39, 0.29) is 30.0 Å². The number of hydrogen-bond donors (Lipinski definition) is 0. The molecule has 186 valence electrons. The summed E-state index contributed by atoms with van der Waals surface area (Å²) in [5, 5.41) is 0.861. The van der Waals surface area contributed by atoms with Gasteiger partial charge in [-0.25, -0.2) is 13.4 Å². The Morgan fingerprint density at radius 1 is 1.14 bits per heavy atom. The van der Waals surface area contributed by atoms with Gasteiger partial charge in [0.05, 0.1) is 28.9 Å². The molecule has 1 fully saturated rings. The third-order valence-electron chi connectivity index (χ3n) is 6.60. The summed E-state index contributed by atoms with van der Waals surface area (Å²) in [4.78, 5) is 31.4. The largest absolute Gasteiger partial charge is 0.381 e. The second-order valence-corrected chi connectivity index (χ2v) is 11.1. The van der Waals surface area contributed by atoms with Crippen LogP contribution in [0, 0.1) is 0 Å². The molecule has 0 unspecified atom stereocenters. The van der Waals surface area contributed by atoms with Crippen molar-refractivity contribution in [2.24, 2.45) is 0 Å². The topological polar surface area (TPSA) is 96.9 Å². The Kier molecular flexibility index (Phi) is 6.46. The number of ether oxygens (including phenoxy) is 1. The molecule has 0 radical (unpaired) electrons. The molecule has 0 atom stereocenters. The lowest BCUT2D eigenvalue weighted by Crippen LogP contribution is -2.42. The number of hydrogen-bond acceptors (Lipinski definition) is 6. The summed E-state index contributed by atoms with van der Waals surface area (Å²) in [6.45, 7) is 2.83. The Labute approximate surface area is 210 Å². The third-order valence-corrected chi connectivity index (χ3v) is 7.88. The molecule has 3 heterocycles. The second kappa shape index (κ2) is 9.57. The highest BCUT2D eigenvalue weighted by Gasteiger charge is 2.34. The van der Waals surface area contributed by atoms with Gasteiger partial charge in [0.1, 0.15) is 0 Å². The van der Waals surface area contributed by atoms with Crippen LogP contribution in [0.4, 0.5) is 5.69 Å². The predicted octanol–water partition coefficient (Wildman–Crippen LogP) is 3.77. The van der Waals surface area contributed by atoms with E-state index in [0.29, 0.717) is 48.5 Å². The maximum Gasteiger partial charge on any atom is 0.228 e. The third kappa shape index (κ3) is 4.69. The molecule has 2 aliphatic heterocycles. The summed E-state index contributed by atoms with van der Waals surface area (Å²) in [5.41, 5.74) is 3.47. The van der Waals surface area contributed by atoms with Crippen molar-refractivity contribution in [1.29, 1.82) is 0 Å². The Balaban J connectivity index is 1.44. The molecule has 8 nitrogen and oxygen atoms in total. The summed E-state index contributed by atoms with van der Waals surface area (Å²) in [7, 11) is -3.39. The summed E-state index contributed by atoms with van der Waals surface area (Å²) < 4.78 is 32.0. The zero-order valence-electron chi connectivity index (χ0n) is 20.2. The minimum Gasteiger partial charge on any atom is -0.381 e. The summed E-state index contributed by atoms with van der Waals surface area (Å²) in [6, 6.07) is 16.3. The highest BCUT2D eigenvalue weighted by atomic mass is 32.2. The van der Waals surface area contributed by atoms with Crippen LogP contribution in [0.15, 0.2) is 60.3 Å². The molecular weight excluding hydrogens is 478 g/mol. The van der Waals surface area contributed by atoms with E-state index in [4.69, 9.17) is 4.74 Å². The molecule has 36 heavy (non-hydrogen) atoms. The van der Waals surface area contributed by atoms with Gasteiger partial charge in [0.25, 0.3) is 0 Å². The number of benzene rings is 2. The minimum absolute atomic E-state index is 0.0751. The Morgan fingerprint density at radius 3 is 2.61 bits per heavy atom. The van der Waals surface area contributed by atoms with Crippen molar-refractivity contribution in [3.05, 3.63) is 77.1 Å². The molecule has 0 N–H and O–H groups in total. The maximum atomic E-state index is 13.0. The average Bonchev–Trinajstić information content (AvgIpc) is 3.14. The van der Waals surface area contributed by atoms with Crippen molar-refractivity contribution in [2.45, 2.75) is 32.4 Å². The molecule has 1 aromatic heterocycles. The highest BCUT2D eigenvalue weighted by Crippen LogP contribution is 2.35. The first-order valence-electron chi connectivity index (χ1n) is 11.8. The van der Waals surface area contributed by atoms with Crippen molar-refractivity contribution >= 4 is 44.4 Å². The first kappa shape index (κ1) is 24.3. The summed E-state index contributed by atoms with van der Waals surface area (Å²) in [6.07, 6.45) is 4.24. The number of Topliss-reactive ketones (excluding diaryl/α,β-unsaturated/α-hetero) is 1. The van der Waals surface area contributed by atoms with E-state index in [1.165, 1.54) is 18.1 Å². The molecule has 0 aliphatic carbocycles. The van der Waals surface area contributed by atoms with Gasteiger partial charge in [-0.05, 0) is 54.8 Å². The van der Waals surface area contributed by atoms with Gasteiger partial charge >= 0.3 is 0 Å². The van der Waals surface area contributed by atoms with E-state index in [1.807, 2.05) is 24.3 Å². The number of sulfonamides is 1. The molecule has 1 amide bonds. The lowest BCUT2D eigenvalue weighted by atomic mass is 10.1. The number of amides is 1. The second-order valence-electron chi connectivity index (χ2n) is 9.15. The fraction of sp³-hybridized carbons (Fsp3) is 0.296. The SMILES string of the molecule is CC(=O)N1/C(=C/c2ccc3cc(CN(C4CCOCC4)S(C)(=O)=O)ccc3n2)C(=O)c2ccccc21. The summed E-state index contributed by atoms with van der Waals surface area (Å²) in [5.74, 6) is -0.461. The number of para-hydroxylation sites is 1. The number of carbonyl (C=O) groups is 2. The van der Waals surface area contributed by atoms with Gasteiger partial charge in [0.15, 0.2) is 0 Å². The van der Waals surface area contributed by atoms with Crippen LogP contribution in [0.1, 0.15) is 41.4 Å². The predicted molar refractivity (Wildman–Crippen MR) is 138 cm³/mol. The van der Waals surface area contributed by atoms with Crippen LogP contribution >= 0.6 is 0 Å². The van der Waals surface area contributed by atoms with Crippen molar-refractivity contribution in [3.63, 3.8) is 0 Å². The number of ketones is 1. The standard InChI is InChI=1S/C27H27N3O5S/c1-18(31)30-25-6-4-3-5-23(25)27(32)26(30)16-21-9-8-20-15-19(7-10-24(20)28-21)17-29(36(2,33)34)22-11-13-35-14-12-22/h3-10,15-16,22H,11-14,17H2,1-2H3/b26-16+. The number of allylic oxidation sites excluding steroid dienone is 1. The number of anilines is 1. The van der Waals surface area contributed by atoms with Gasteiger partial charge in [-0.2, -0.15) is 4.31 Å². The van der Waals surface area contributed by atoms with Crippen molar-refractivity contribution in [1.82, 2.24) is 9.29 Å². The molecule has 0 saturated carbocycles. The zero-order chi connectivity index (χ0) is 25.4. The quantitative estimate of drug-likeness (QED) is 0.490. The van der Waals surface area contributed by atoms with E-state index in [0.717, 1.165) is 10.9 Å². The number of pyridine rings is 1. The molecule has 2 aromatic carbocycles. The molecular formula is C27H27N3O5S. The first-order valence-corrected chi connectivity index (χ1v) is 13.7. The molecule has 0 bridgehead atoms. The van der Waals surface area contributed by atoms with E-state index >= 15 is 0 Å². The van der Waals surface area contributed by atoms with Crippen LogP contribution in [0.25, 0.3) is 17.0 Å². The normalized spacial score (nSPS) is 17.8. The highest BCUT2D eigenvalue weighted by molar-refractivity contribution is 7.88. The van der Waals surface area contributed by atoms with Crippen LogP contribution < -0.4 is 4.90 Å². The molecule has 3 aromatic rings. The fourth-order valence-corrected chi connectivity index (χ4v) is 6.02. The Hall–Kier alpha value is -3.40. The van der Waals surface area contributed by atoms with Gasteiger partial charge in [0, 0.05) is 43.7 Å². The van der Waals surface area contributed by atoms with Gasteiger partial charge in [-0.1, -0.05) is 24.3 Å². The molecule has 2 aliphatic rings. The van der Waals surface area contributed by atoms with Crippen molar-refractivity contribution in [3.8, 4) is 0 Å². The number of rotatable bonds is 5. The number of fused-ring (bicyclic) bond motifs is 2. The van der Waals surface area contributed by atoms with Gasteiger partial charge in [0.2, 0.25) is 21.7 Å². The first-order chi connectivity index (χ1) is 17.2. The van der Waals surface area contributed by atoms with Crippen LogP contribution in [0.3, 0.4) is 0 Å². The minimum atomic E-state index is -3.39. The Morgan fingerprint density at radius 2 is 1.89 bits per heavy atom. The smallest absolute Gasteiger partial charge is 0.228 e. The van der Waals surface area contributed by atoms with Crippen LogP contribution in [0.2, 0.25) is 0 Å². The van der Waals surface area contributed by atoms with E-state index in [1.54, 1.807) is 40.7 Å². The van der Waals surface area contributed by atoms with Gasteiger partial charge in [-0.3, -0.25) is 14.5 Å². The average molecular weight is 506 g/mol. The molecule has 9 heteroatoms. The monoisotopic (exact) mass is 505 g/mol. The lowest BCUT2D eigenvalue weighted by molar-refractivity contribution is -0.116. The number of carbonyl (C=O) groups excluding carboxylic acids is 2. The van der Waals surface area contributed by atoms with Crippen molar-refractivity contribution < 1.29 is 22.7 Å². The fourth-order valence-electron chi connectivity index (χ4n) is 4.88. The van der Waals surface area contributed by atoms with E-state index in [2.05, 4.69) is 4.98 Å². The Bertz CT molecular complexity index is 1490. The number of aromatic nitrogens is 1. The number of nitrogens with zero attached hydrogens (tertiary/aromatic N) is 3. The van der Waals surface area contributed by atoms with E-state index < -0.39 is 10.0 Å². The van der Waals surface area contributed by atoms with Gasteiger partial charge in [-0.15, -0.1) is 0 Å². The molecule has 5 rings (SSSR count). The maximum absolute atomic E-state index is 13.0.